The third kappa shape index (κ3) is 8.82. The summed E-state index contributed by atoms with van der Waals surface area (Å²) in [5.41, 5.74) is -1.76. The summed E-state index contributed by atoms with van der Waals surface area (Å²) in [5.74, 6) is -10.5. The largest absolute Gasteiger partial charge is 0.514 e. The first-order chi connectivity index (χ1) is 25.5. The van der Waals surface area contributed by atoms with Gasteiger partial charge in [-0.15, -0.1) is 0 Å². The van der Waals surface area contributed by atoms with Crippen molar-refractivity contribution in [3.05, 3.63) is 71.4 Å². The molecule has 0 aromatic carbocycles. The third-order valence-corrected chi connectivity index (χ3v) is 8.91. The second kappa shape index (κ2) is 15.9. The van der Waals surface area contributed by atoms with Crippen LogP contribution in [0, 0.1) is 11.3 Å². The zero-order valence-corrected chi connectivity index (χ0v) is 30.2. The molecule has 0 bridgehead atoms. The molecular weight excluding hydrogens is 712 g/mol. The Morgan fingerprint density at radius 3 is 1.57 bits per heavy atom. The molecule has 16 heteroatoms. The van der Waals surface area contributed by atoms with Gasteiger partial charge in [0.2, 0.25) is 0 Å². The third-order valence-electron chi connectivity index (χ3n) is 8.91. The first kappa shape index (κ1) is 39.7. The Hall–Kier alpha value is -5.48. The van der Waals surface area contributed by atoms with E-state index < -0.39 is 76.4 Å². The second-order valence-electron chi connectivity index (χ2n) is 13.6. The number of carbonyl (C=O) groups excluding carboxylic acids is 8. The van der Waals surface area contributed by atoms with E-state index in [0.717, 1.165) is 6.08 Å². The zero-order valence-electron chi connectivity index (χ0n) is 30.2. The molecule has 4 saturated heterocycles. The van der Waals surface area contributed by atoms with E-state index in [1.54, 1.807) is 6.08 Å². The van der Waals surface area contributed by atoms with Crippen molar-refractivity contribution in [3.63, 3.8) is 0 Å². The number of esters is 6. The van der Waals surface area contributed by atoms with E-state index in [2.05, 4.69) is 0 Å². The number of ketones is 2. The molecular formula is C38H40O16. The van der Waals surface area contributed by atoms with Gasteiger partial charge < -0.3 is 28.4 Å². The van der Waals surface area contributed by atoms with Crippen LogP contribution in [0.4, 0.5) is 0 Å². The Morgan fingerprint density at radius 1 is 0.593 bits per heavy atom. The maximum atomic E-state index is 13.0. The van der Waals surface area contributed by atoms with Crippen LogP contribution in [-0.4, -0.2) is 78.3 Å². The highest BCUT2D eigenvalue weighted by Crippen LogP contribution is 2.43. The number of hydrogen-bond donors (Lipinski definition) is 0. The SMILES string of the molecule is CCCC1(C)OC(=O)C(=CC=CC=CC2C(=O)OC3(OCC4(CO3)CC(=O)C(=C/C=C/CC=C3C(=O)OC(C)(CCC)OC3=O)C(=O)C4)OC2=O)C(=O)O1. The van der Waals surface area contributed by atoms with Crippen LogP contribution in [-0.2, 0) is 76.3 Å². The van der Waals surface area contributed by atoms with Gasteiger partial charge in [0, 0.05) is 44.9 Å². The molecule has 16 nitrogen and oxygen atoms in total. The maximum absolute atomic E-state index is 13.0. The summed E-state index contributed by atoms with van der Waals surface area (Å²) in [6.45, 7) is 6.09. The van der Waals surface area contributed by atoms with Crippen molar-refractivity contribution in [1.29, 1.82) is 0 Å². The Balaban J connectivity index is 1.11. The lowest BCUT2D eigenvalue weighted by molar-refractivity contribution is -0.501. The van der Waals surface area contributed by atoms with Gasteiger partial charge in [-0.3, -0.25) is 28.7 Å². The van der Waals surface area contributed by atoms with Crippen LogP contribution in [0.25, 0.3) is 0 Å². The summed E-state index contributed by atoms with van der Waals surface area (Å²) in [7, 11) is 0. The molecule has 54 heavy (non-hydrogen) atoms. The maximum Gasteiger partial charge on any atom is 0.514 e. The summed E-state index contributed by atoms with van der Waals surface area (Å²) < 4.78 is 42.4. The number of Topliss-reactive ketones (excluding diaryl/α,β-unsaturated/α-hetero) is 2. The minimum atomic E-state index is -2.50. The van der Waals surface area contributed by atoms with Gasteiger partial charge in [-0.25, -0.2) is 19.2 Å². The molecule has 0 atom stereocenters. The van der Waals surface area contributed by atoms with Gasteiger partial charge in [0.15, 0.2) is 17.5 Å². The van der Waals surface area contributed by atoms with E-state index in [1.165, 1.54) is 56.4 Å². The van der Waals surface area contributed by atoms with Crippen molar-refractivity contribution in [2.24, 2.45) is 11.3 Å². The topological polar surface area (TPSA) is 210 Å². The number of ether oxygens (including phenoxy) is 8. The average Bonchev–Trinajstić information content (AvgIpc) is 3.06. The first-order valence-electron chi connectivity index (χ1n) is 17.4. The predicted octanol–water partition coefficient (Wildman–Crippen LogP) is 3.35. The molecule has 0 radical (unpaired) electrons. The van der Waals surface area contributed by atoms with Crippen molar-refractivity contribution < 1.29 is 76.3 Å². The van der Waals surface area contributed by atoms with Gasteiger partial charge >= 0.3 is 42.0 Å². The molecule has 0 aromatic heterocycles. The second-order valence-corrected chi connectivity index (χ2v) is 13.6. The van der Waals surface area contributed by atoms with E-state index in [4.69, 9.17) is 37.9 Å². The minimum Gasteiger partial charge on any atom is -0.419 e. The van der Waals surface area contributed by atoms with E-state index >= 15 is 0 Å². The Morgan fingerprint density at radius 2 is 1.07 bits per heavy atom. The normalized spacial score (nSPS) is 31.9. The molecule has 5 aliphatic rings. The molecule has 0 amide bonds. The van der Waals surface area contributed by atoms with Crippen molar-refractivity contribution in [2.75, 3.05) is 13.2 Å². The van der Waals surface area contributed by atoms with Crippen LogP contribution in [0.2, 0.25) is 0 Å². The molecule has 2 spiro atoms. The quantitative estimate of drug-likeness (QED) is 0.0782. The molecule has 4 heterocycles. The average molecular weight is 753 g/mol. The summed E-state index contributed by atoms with van der Waals surface area (Å²) in [5, 5.41) is 0. The number of cyclic esters (lactones) is 4. The van der Waals surface area contributed by atoms with Gasteiger partial charge in [0.1, 0.15) is 11.1 Å². The number of hydrogen-bond acceptors (Lipinski definition) is 16. The van der Waals surface area contributed by atoms with Crippen LogP contribution >= 0.6 is 0 Å². The Labute approximate surface area is 309 Å². The van der Waals surface area contributed by atoms with Crippen molar-refractivity contribution >= 4 is 47.4 Å². The van der Waals surface area contributed by atoms with Crippen molar-refractivity contribution in [2.45, 2.75) is 90.4 Å². The summed E-state index contributed by atoms with van der Waals surface area (Å²) in [6, 6.07) is 0. The van der Waals surface area contributed by atoms with Crippen LogP contribution in [0.5, 0.6) is 0 Å². The summed E-state index contributed by atoms with van der Waals surface area (Å²) in [6.07, 6.45) is 11.2. The highest BCUT2D eigenvalue weighted by Gasteiger charge is 2.58. The number of carbonyl (C=O) groups is 8. The smallest absolute Gasteiger partial charge is 0.419 e. The first-order valence-corrected chi connectivity index (χ1v) is 17.4. The fourth-order valence-corrected chi connectivity index (χ4v) is 6.26. The molecule has 5 rings (SSSR count). The van der Waals surface area contributed by atoms with Crippen molar-refractivity contribution in [1.82, 2.24) is 0 Å². The molecule has 0 unspecified atom stereocenters. The van der Waals surface area contributed by atoms with Gasteiger partial charge in [0.05, 0.1) is 18.8 Å². The van der Waals surface area contributed by atoms with Gasteiger partial charge in [-0.05, 0) is 31.4 Å². The Kier molecular flexibility index (Phi) is 11.7. The molecule has 0 N–H and O–H groups in total. The highest BCUT2D eigenvalue weighted by atomic mass is 17.0. The van der Waals surface area contributed by atoms with Crippen LogP contribution in [0.15, 0.2) is 71.4 Å². The van der Waals surface area contributed by atoms with Gasteiger partial charge in [-0.1, -0.05) is 56.4 Å². The van der Waals surface area contributed by atoms with E-state index in [-0.39, 0.29) is 49.2 Å². The summed E-state index contributed by atoms with van der Waals surface area (Å²) >= 11 is 0. The minimum absolute atomic E-state index is 0.0689. The fourth-order valence-electron chi connectivity index (χ4n) is 6.26. The van der Waals surface area contributed by atoms with Crippen LogP contribution in [0.3, 0.4) is 0 Å². The lowest BCUT2D eigenvalue weighted by Crippen LogP contribution is -2.60. The molecule has 4 aliphatic heterocycles. The van der Waals surface area contributed by atoms with Crippen LogP contribution in [0.1, 0.15) is 72.6 Å². The van der Waals surface area contributed by atoms with Gasteiger partial charge in [-0.2, -0.15) is 0 Å². The zero-order chi connectivity index (χ0) is 39.3. The summed E-state index contributed by atoms with van der Waals surface area (Å²) in [4.78, 5) is 101. The van der Waals surface area contributed by atoms with E-state index in [0.29, 0.717) is 25.7 Å². The Bertz CT molecular complexity index is 1730. The molecule has 5 fully saturated rings. The number of rotatable bonds is 10. The van der Waals surface area contributed by atoms with Crippen molar-refractivity contribution in [3.8, 4) is 0 Å². The lowest BCUT2D eigenvalue weighted by atomic mass is 9.71. The standard InChI is InChI=1S/C38H40O16/c1-5-17-35(3)49-29(41)24(30(42)50-35)14-10-7-9-13-23-27(39)19-37(20-28(23)40)21-47-38(48-22-37)53-33(45)26(34(46)54-38)16-12-8-11-15-25-31(43)51-36(4,18-6-2)52-32(25)44/h7-9,11-16,26H,5-6,10,17-22H2,1-4H3/b9-7+,11-8?,16-12?,23-13?,24-14?,25-15?. The van der Waals surface area contributed by atoms with E-state index in [1.807, 2.05) is 13.8 Å². The predicted molar refractivity (Wildman–Crippen MR) is 179 cm³/mol. The molecule has 1 saturated carbocycles. The molecule has 1 aliphatic carbocycles. The van der Waals surface area contributed by atoms with Gasteiger partial charge in [0.25, 0.3) is 11.6 Å². The van der Waals surface area contributed by atoms with E-state index in [9.17, 15) is 38.4 Å². The lowest BCUT2D eigenvalue weighted by Gasteiger charge is -2.45. The molecule has 288 valence electrons. The van der Waals surface area contributed by atoms with Crippen LogP contribution < -0.4 is 0 Å². The highest BCUT2D eigenvalue weighted by molar-refractivity contribution is 6.22. The monoisotopic (exact) mass is 752 g/mol. The molecule has 0 aromatic rings. The fraction of sp³-hybridized carbons (Fsp3) is 0.474. The number of allylic oxidation sites excluding steroid dienone is 9.